The highest BCUT2D eigenvalue weighted by Crippen LogP contribution is 2.49. The second-order valence-electron chi connectivity index (χ2n) is 9.69. The standard InChI is InChI=1S/C21H30F2N4O4/c1-20(2,3)31-19(30)27-14-6-7-15(21(22,23)10-14)16(27)18(29)26-13(11-24)9-12-5-4-8-25-17(12)28/h12-16H,4-10H2,1-3H3,(H,25,28)(H,26,29)/t12-,13-,14-,15-,16-/m0/s1. The van der Waals surface area contributed by atoms with E-state index in [1.807, 2.05) is 6.07 Å². The van der Waals surface area contributed by atoms with Crippen LogP contribution in [0.3, 0.4) is 0 Å². The molecule has 3 saturated heterocycles. The number of hydrogen-bond acceptors (Lipinski definition) is 5. The first kappa shape index (κ1) is 23.2. The van der Waals surface area contributed by atoms with Crippen LogP contribution < -0.4 is 10.6 Å². The van der Waals surface area contributed by atoms with E-state index in [4.69, 9.17) is 4.74 Å². The van der Waals surface area contributed by atoms with E-state index in [9.17, 15) is 28.4 Å². The number of halogens is 2. The molecule has 0 unspecified atom stereocenters. The molecule has 3 aliphatic heterocycles. The number of carbonyl (C=O) groups excluding carboxylic acids is 3. The molecule has 1 saturated carbocycles. The molecule has 0 aromatic rings. The summed E-state index contributed by atoms with van der Waals surface area (Å²) >= 11 is 0. The minimum atomic E-state index is -3.09. The molecule has 0 radical (unpaired) electrons. The molecule has 4 fully saturated rings. The molecule has 5 atom stereocenters. The largest absolute Gasteiger partial charge is 0.444 e. The maximum Gasteiger partial charge on any atom is 0.411 e. The number of fused-ring (bicyclic) bond motifs is 3. The first-order chi connectivity index (χ1) is 14.4. The van der Waals surface area contributed by atoms with Gasteiger partial charge in [0.05, 0.1) is 12.0 Å². The maximum absolute atomic E-state index is 14.7. The number of piperidine rings is 3. The maximum atomic E-state index is 14.7. The van der Waals surface area contributed by atoms with Gasteiger partial charge in [0.2, 0.25) is 11.8 Å². The second kappa shape index (κ2) is 8.60. The van der Waals surface area contributed by atoms with Gasteiger partial charge in [0.25, 0.3) is 5.92 Å². The molecule has 0 aromatic carbocycles. The lowest BCUT2D eigenvalue weighted by Crippen LogP contribution is -2.69. The van der Waals surface area contributed by atoms with Crippen LogP contribution in [-0.2, 0) is 14.3 Å². The van der Waals surface area contributed by atoms with Crippen molar-refractivity contribution in [1.29, 1.82) is 5.26 Å². The zero-order chi connectivity index (χ0) is 23.0. The predicted octanol–water partition coefficient (Wildman–Crippen LogP) is 2.33. The van der Waals surface area contributed by atoms with Crippen molar-refractivity contribution in [3.05, 3.63) is 0 Å². The lowest BCUT2D eigenvalue weighted by atomic mass is 9.71. The van der Waals surface area contributed by atoms with Crippen LogP contribution in [0.2, 0.25) is 0 Å². The molecule has 31 heavy (non-hydrogen) atoms. The third kappa shape index (κ3) is 5.08. The van der Waals surface area contributed by atoms with Gasteiger partial charge in [-0.25, -0.2) is 13.6 Å². The van der Waals surface area contributed by atoms with E-state index < -0.39 is 59.9 Å². The van der Waals surface area contributed by atoms with Gasteiger partial charge >= 0.3 is 6.09 Å². The van der Waals surface area contributed by atoms with Gasteiger partial charge in [-0.2, -0.15) is 5.26 Å². The highest BCUT2D eigenvalue weighted by atomic mass is 19.3. The van der Waals surface area contributed by atoms with E-state index in [2.05, 4.69) is 10.6 Å². The van der Waals surface area contributed by atoms with Gasteiger partial charge in [0.15, 0.2) is 0 Å². The molecule has 1 aliphatic carbocycles. The number of alkyl halides is 2. The lowest BCUT2D eigenvalue weighted by molar-refractivity contribution is -0.184. The first-order valence-electron chi connectivity index (χ1n) is 10.8. The van der Waals surface area contributed by atoms with E-state index in [1.165, 1.54) is 0 Å². The molecule has 10 heteroatoms. The quantitative estimate of drug-likeness (QED) is 0.697. The van der Waals surface area contributed by atoms with Crippen molar-refractivity contribution in [3.8, 4) is 6.07 Å². The summed E-state index contributed by atoms with van der Waals surface area (Å²) < 4.78 is 34.7. The minimum Gasteiger partial charge on any atom is -0.444 e. The topological polar surface area (TPSA) is 112 Å². The Kier molecular flexibility index (Phi) is 6.44. The van der Waals surface area contributed by atoms with E-state index >= 15 is 0 Å². The fourth-order valence-corrected chi connectivity index (χ4v) is 4.83. The summed E-state index contributed by atoms with van der Waals surface area (Å²) in [5.74, 6) is -5.84. The van der Waals surface area contributed by atoms with Crippen molar-refractivity contribution in [2.45, 2.75) is 88.9 Å². The molecule has 2 N–H and O–H groups in total. The molecule has 8 nitrogen and oxygen atoms in total. The Morgan fingerprint density at radius 2 is 2.06 bits per heavy atom. The smallest absolute Gasteiger partial charge is 0.411 e. The number of hydrogen-bond donors (Lipinski definition) is 2. The minimum absolute atomic E-state index is 0.0950. The summed E-state index contributed by atoms with van der Waals surface area (Å²) in [5, 5.41) is 14.7. The SMILES string of the molecule is CC(C)(C)OC(=O)N1[C@H]2CC[C@@H]([C@H]1C(=O)N[C@H](C#N)C[C@@H]1CCCNC1=O)C(F)(F)C2. The number of nitrogens with one attached hydrogen (secondary N) is 2. The molecule has 3 heterocycles. The summed E-state index contributed by atoms with van der Waals surface area (Å²) in [6, 6.07) is -1.30. The van der Waals surface area contributed by atoms with E-state index in [-0.39, 0.29) is 18.7 Å². The number of carbonyl (C=O) groups is 3. The molecule has 0 aromatic heterocycles. The molecule has 3 amide bonds. The van der Waals surface area contributed by atoms with Crippen LogP contribution in [0.5, 0.6) is 0 Å². The zero-order valence-corrected chi connectivity index (χ0v) is 18.1. The fourth-order valence-electron chi connectivity index (χ4n) is 4.83. The third-order valence-electron chi connectivity index (χ3n) is 6.20. The van der Waals surface area contributed by atoms with E-state index in [1.54, 1.807) is 20.8 Å². The Morgan fingerprint density at radius 3 is 2.65 bits per heavy atom. The van der Waals surface area contributed by atoms with Crippen LogP contribution in [0, 0.1) is 23.2 Å². The molecular weight excluding hydrogens is 410 g/mol. The van der Waals surface area contributed by atoms with Gasteiger partial charge in [0, 0.05) is 24.9 Å². The van der Waals surface area contributed by atoms with Gasteiger partial charge in [-0.3, -0.25) is 14.5 Å². The monoisotopic (exact) mass is 440 g/mol. The molecular formula is C21H30F2N4O4. The van der Waals surface area contributed by atoms with Gasteiger partial charge in [-0.1, -0.05) is 0 Å². The van der Waals surface area contributed by atoms with E-state index in [0.717, 1.165) is 11.3 Å². The van der Waals surface area contributed by atoms with Crippen LogP contribution in [-0.4, -0.2) is 59.0 Å². The van der Waals surface area contributed by atoms with Crippen LogP contribution in [0.4, 0.5) is 13.6 Å². The van der Waals surface area contributed by atoms with E-state index in [0.29, 0.717) is 19.4 Å². The van der Waals surface area contributed by atoms with Crippen LogP contribution in [0.1, 0.15) is 59.3 Å². The Labute approximate surface area is 180 Å². The summed E-state index contributed by atoms with van der Waals surface area (Å²) in [6.07, 6.45) is 0.620. The average molecular weight is 440 g/mol. The van der Waals surface area contributed by atoms with Crippen LogP contribution in [0.15, 0.2) is 0 Å². The Balaban J connectivity index is 1.78. The van der Waals surface area contributed by atoms with Gasteiger partial charge < -0.3 is 15.4 Å². The molecule has 0 spiro atoms. The van der Waals surface area contributed by atoms with Gasteiger partial charge in [0.1, 0.15) is 17.7 Å². The van der Waals surface area contributed by atoms with Gasteiger partial charge in [-0.05, 0) is 52.9 Å². The Hall–Kier alpha value is -2.44. The number of rotatable bonds is 4. The van der Waals surface area contributed by atoms with Crippen molar-refractivity contribution < 1.29 is 27.9 Å². The normalized spacial score (nSPS) is 30.7. The van der Waals surface area contributed by atoms with Crippen LogP contribution >= 0.6 is 0 Å². The first-order valence-corrected chi connectivity index (χ1v) is 10.8. The average Bonchev–Trinajstić information content (AvgIpc) is 2.66. The molecule has 172 valence electrons. The van der Waals surface area contributed by atoms with Crippen molar-refractivity contribution in [1.82, 2.24) is 15.5 Å². The van der Waals surface area contributed by atoms with Crippen LogP contribution in [0.25, 0.3) is 0 Å². The summed E-state index contributed by atoms with van der Waals surface area (Å²) in [7, 11) is 0. The highest BCUT2D eigenvalue weighted by Gasteiger charge is 2.61. The highest BCUT2D eigenvalue weighted by molar-refractivity contribution is 5.87. The fraction of sp³-hybridized carbons (Fsp3) is 0.810. The van der Waals surface area contributed by atoms with Crippen molar-refractivity contribution in [3.63, 3.8) is 0 Å². The lowest BCUT2D eigenvalue weighted by Gasteiger charge is -2.53. The van der Waals surface area contributed by atoms with Crippen molar-refractivity contribution >= 4 is 17.9 Å². The second-order valence-corrected chi connectivity index (χ2v) is 9.69. The van der Waals surface area contributed by atoms with Crippen molar-refractivity contribution in [2.75, 3.05) is 6.54 Å². The zero-order valence-electron chi connectivity index (χ0n) is 18.1. The molecule has 4 rings (SSSR count). The number of nitriles is 1. The number of amides is 3. The molecule has 4 aliphatic rings. The summed E-state index contributed by atoms with van der Waals surface area (Å²) in [5.41, 5.74) is -0.846. The Morgan fingerprint density at radius 1 is 1.35 bits per heavy atom. The molecule has 2 bridgehead atoms. The number of nitrogens with zero attached hydrogens (tertiary/aromatic N) is 2. The summed E-state index contributed by atoms with van der Waals surface area (Å²) in [6.45, 7) is 5.57. The third-order valence-corrected chi connectivity index (χ3v) is 6.20. The Bertz CT molecular complexity index is 776. The van der Waals surface area contributed by atoms with Gasteiger partial charge in [-0.15, -0.1) is 0 Å². The summed E-state index contributed by atoms with van der Waals surface area (Å²) in [4.78, 5) is 39.0. The van der Waals surface area contributed by atoms with Crippen molar-refractivity contribution in [2.24, 2.45) is 11.8 Å². The number of ether oxygens (including phenoxy) is 1. The predicted molar refractivity (Wildman–Crippen MR) is 106 cm³/mol.